The topological polar surface area (TPSA) is 142 Å². The zero-order valence-corrected chi connectivity index (χ0v) is 25.5. The molecule has 0 spiro atoms. The van der Waals surface area contributed by atoms with Gasteiger partial charge in [0.1, 0.15) is 40.5 Å². The van der Waals surface area contributed by atoms with E-state index in [2.05, 4.69) is 15.4 Å². The highest BCUT2D eigenvalue weighted by Gasteiger charge is 2.58. The second-order valence-corrected chi connectivity index (χ2v) is 12.9. The smallest absolute Gasteiger partial charge is 0.424 e. The van der Waals surface area contributed by atoms with E-state index in [1.165, 1.54) is 37.4 Å². The Bertz CT molecular complexity index is 1960. The highest BCUT2D eigenvalue weighted by molar-refractivity contribution is 6.00. The van der Waals surface area contributed by atoms with Crippen LogP contribution < -0.4 is 20.5 Å². The number of benzene rings is 2. The summed E-state index contributed by atoms with van der Waals surface area (Å²) in [6.45, 7) is 0.00603. The molecule has 2 aliphatic carbocycles. The minimum absolute atomic E-state index is 0.0472. The van der Waals surface area contributed by atoms with Crippen LogP contribution in [0.5, 0.6) is 11.5 Å². The van der Waals surface area contributed by atoms with E-state index in [9.17, 15) is 36.6 Å². The summed E-state index contributed by atoms with van der Waals surface area (Å²) in [5.74, 6) is -3.71. The number of amides is 2. The average molecular weight is 672 g/mol. The summed E-state index contributed by atoms with van der Waals surface area (Å²) < 4.78 is 85.8. The summed E-state index contributed by atoms with van der Waals surface area (Å²) in [6.07, 6.45) is -1.51. The zero-order valence-electron chi connectivity index (χ0n) is 25.5. The third-order valence-corrected chi connectivity index (χ3v) is 9.21. The fourth-order valence-electron chi connectivity index (χ4n) is 5.62. The van der Waals surface area contributed by atoms with Gasteiger partial charge in [-0.25, -0.2) is 18.4 Å². The molecule has 4 aromatic rings. The lowest BCUT2D eigenvalue weighted by Crippen LogP contribution is -2.51. The number of pyridine rings is 1. The summed E-state index contributed by atoms with van der Waals surface area (Å²) in [5.41, 5.74) is -0.611. The number of nitrogens with one attached hydrogen (secondary N) is 1. The minimum Gasteiger partial charge on any atom is -0.491 e. The normalized spacial score (nSPS) is 20.9. The van der Waals surface area contributed by atoms with Crippen LogP contribution in [0, 0.1) is 11.7 Å². The Morgan fingerprint density at radius 2 is 1.88 bits per heavy atom. The van der Waals surface area contributed by atoms with Gasteiger partial charge in [-0.05, 0) is 68.1 Å². The van der Waals surface area contributed by atoms with Gasteiger partial charge in [0.05, 0.1) is 18.8 Å². The molecule has 0 saturated heterocycles. The molecule has 0 unspecified atom stereocenters. The van der Waals surface area contributed by atoms with E-state index in [4.69, 9.17) is 15.2 Å². The van der Waals surface area contributed by atoms with Crippen LogP contribution in [0.25, 0.3) is 22.2 Å². The number of carbonyl (C=O) groups excluding carboxylic acids is 2. The van der Waals surface area contributed by atoms with E-state index in [0.717, 1.165) is 35.7 Å². The molecular weight excluding hydrogens is 641 g/mol. The van der Waals surface area contributed by atoms with Gasteiger partial charge < -0.3 is 25.6 Å². The third-order valence-electron chi connectivity index (χ3n) is 9.21. The minimum atomic E-state index is -5.40. The van der Waals surface area contributed by atoms with E-state index in [1.54, 1.807) is 0 Å². The highest BCUT2D eigenvalue weighted by atomic mass is 19.4. The summed E-state index contributed by atoms with van der Waals surface area (Å²) >= 11 is 0. The van der Waals surface area contributed by atoms with Gasteiger partial charge >= 0.3 is 6.18 Å². The number of aliphatic hydroxyl groups is 1. The van der Waals surface area contributed by atoms with E-state index in [-0.39, 0.29) is 53.3 Å². The van der Waals surface area contributed by atoms with Crippen molar-refractivity contribution in [1.82, 2.24) is 20.1 Å². The number of rotatable bonds is 10. The van der Waals surface area contributed by atoms with Gasteiger partial charge in [0.15, 0.2) is 0 Å². The molecule has 2 aromatic carbocycles. The molecule has 3 aliphatic rings. The van der Waals surface area contributed by atoms with E-state index >= 15 is 0 Å². The molecule has 2 amide bonds. The maximum Gasteiger partial charge on any atom is 0.424 e. The number of ether oxygens (including phenoxy) is 2. The number of halogens is 5. The summed E-state index contributed by atoms with van der Waals surface area (Å²) in [7, 11) is 0. The summed E-state index contributed by atoms with van der Waals surface area (Å²) in [6, 6.07) is 8.20. The lowest BCUT2D eigenvalue weighted by Gasteiger charge is -2.31. The van der Waals surface area contributed by atoms with Crippen LogP contribution in [0.15, 0.2) is 48.7 Å². The van der Waals surface area contributed by atoms with Gasteiger partial charge in [-0.1, -0.05) is 0 Å². The Balaban J connectivity index is 1.25. The number of hydrogen-bond donors (Lipinski definition) is 3. The van der Waals surface area contributed by atoms with Crippen molar-refractivity contribution in [3.05, 3.63) is 71.3 Å². The Kier molecular flexibility index (Phi) is 7.20. The number of hydrogen-bond acceptors (Lipinski definition) is 7. The number of nitrogens with two attached hydrogens (primary N) is 1. The quantitative estimate of drug-likeness (QED) is 0.207. The van der Waals surface area contributed by atoms with Crippen molar-refractivity contribution in [1.29, 1.82) is 0 Å². The van der Waals surface area contributed by atoms with Crippen molar-refractivity contribution in [2.75, 3.05) is 19.8 Å². The molecule has 2 aromatic heterocycles. The molecule has 4 N–H and O–H groups in total. The molecule has 252 valence electrons. The number of carbonyl (C=O) groups is 2. The number of primary amides is 1. The van der Waals surface area contributed by atoms with Crippen LogP contribution in [0.3, 0.4) is 0 Å². The fourth-order valence-corrected chi connectivity index (χ4v) is 5.62. The Morgan fingerprint density at radius 3 is 2.50 bits per heavy atom. The van der Waals surface area contributed by atoms with Crippen LogP contribution in [-0.4, -0.2) is 57.6 Å². The molecule has 48 heavy (non-hydrogen) atoms. The number of fused-ring (bicyclic) bond motifs is 2. The van der Waals surface area contributed by atoms with Crippen molar-refractivity contribution < 1.29 is 46.1 Å². The van der Waals surface area contributed by atoms with Gasteiger partial charge in [-0.3, -0.25) is 9.59 Å². The van der Waals surface area contributed by atoms with Gasteiger partial charge in [0.2, 0.25) is 17.3 Å². The molecule has 7 rings (SSSR count). The average Bonchev–Trinajstić information content (AvgIpc) is 3.95. The van der Waals surface area contributed by atoms with Crippen LogP contribution in [0.2, 0.25) is 0 Å². The van der Waals surface area contributed by atoms with Crippen LogP contribution in [-0.2, 0) is 21.6 Å². The summed E-state index contributed by atoms with van der Waals surface area (Å²) in [5, 5.41) is 18.2. The molecule has 3 heterocycles. The lowest BCUT2D eigenvalue weighted by atomic mass is 9.81. The first-order valence-electron chi connectivity index (χ1n) is 15.3. The largest absolute Gasteiger partial charge is 0.491 e. The molecule has 10 nitrogen and oxygen atoms in total. The first-order chi connectivity index (χ1) is 22.6. The molecule has 2 saturated carbocycles. The van der Waals surface area contributed by atoms with Crippen molar-refractivity contribution in [3.8, 4) is 22.8 Å². The van der Waals surface area contributed by atoms with Gasteiger partial charge in [0, 0.05) is 41.1 Å². The first-order valence-corrected chi connectivity index (χ1v) is 15.3. The van der Waals surface area contributed by atoms with Crippen LogP contribution >= 0.6 is 0 Å². The Hall–Kier alpha value is -4.79. The maximum atomic E-state index is 14.8. The lowest BCUT2D eigenvalue weighted by molar-refractivity contribution is -0.265. The van der Waals surface area contributed by atoms with E-state index in [1.807, 2.05) is 0 Å². The Labute approximate surface area is 270 Å². The van der Waals surface area contributed by atoms with Gasteiger partial charge in [-0.2, -0.15) is 18.3 Å². The number of nitrogens with zero attached hydrogens (tertiary/aromatic N) is 3. The van der Waals surface area contributed by atoms with Gasteiger partial charge in [-0.15, -0.1) is 0 Å². The second kappa shape index (κ2) is 10.9. The fraction of sp³-hybridized carbons (Fsp3) is 0.394. The van der Waals surface area contributed by atoms with Gasteiger partial charge in [0.25, 0.3) is 5.91 Å². The van der Waals surface area contributed by atoms with Crippen molar-refractivity contribution in [2.24, 2.45) is 11.7 Å². The number of alkyl halides is 4. The summed E-state index contributed by atoms with van der Waals surface area (Å²) in [4.78, 5) is 30.0. The van der Waals surface area contributed by atoms with Crippen molar-refractivity contribution >= 4 is 22.7 Å². The highest BCUT2D eigenvalue weighted by Crippen LogP contribution is 2.48. The van der Waals surface area contributed by atoms with E-state index in [0.29, 0.717) is 23.4 Å². The van der Waals surface area contributed by atoms with E-state index < -0.39 is 52.9 Å². The predicted octanol–water partition coefficient (Wildman–Crippen LogP) is 4.76. The van der Waals surface area contributed by atoms with Crippen LogP contribution in [0.4, 0.5) is 22.0 Å². The third kappa shape index (κ3) is 5.39. The zero-order chi connectivity index (χ0) is 34.2. The molecular formula is C33H30F5N5O5. The van der Waals surface area contributed by atoms with Crippen molar-refractivity contribution in [2.45, 2.75) is 55.6 Å². The molecule has 1 aliphatic heterocycles. The molecule has 0 radical (unpaired) electrons. The SMILES string of the molecule is C[C@]1(C(N)=O)COc2c1cc([C@@](O)(CNC(=O)c1cc(OCC3CC3)c3nn(C4(F)CC4)cc3c1)C(F)(F)F)nc2-c1ccc(F)cc1. The van der Waals surface area contributed by atoms with Crippen molar-refractivity contribution in [3.63, 3.8) is 0 Å². The Morgan fingerprint density at radius 1 is 1.17 bits per heavy atom. The molecule has 15 heteroatoms. The van der Waals surface area contributed by atoms with Crippen LogP contribution in [0.1, 0.15) is 54.2 Å². The molecule has 2 fully saturated rings. The predicted molar refractivity (Wildman–Crippen MR) is 160 cm³/mol. The maximum absolute atomic E-state index is 14.8. The molecule has 0 bridgehead atoms. The number of aromatic nitrogens is 3. The second-order valence-electron chi connectivity index (χ2n) is 12.9. The standard InChI is InChI=1S/C33H30F5N5O5/c1-30(29(39)45)16-48-27-22(30)12-24(41-26(27)18-4-6-21(34)7-5-18)32(46,33(36,37)38)15-40-28(44)19-10-20-13-43(31(35)8-9-31)42-25(20)23(11-19)47-14-17-2-3-17/h4-7,10-13,17,46H,2-3,8-9,14-16H2,1H3,(H2,39,45)(H,40,44)/t30-,32-/m0/s1. The monoisotopic (exact) mass is 671 g/mol. The molecule has 2 atom stereocenters. The first kappa shape index (κ1) is 31.8.